The molecule has 0 bridgehead atoms. The van der Waals surface area contributed by atoms with Crippen LogP contribution in [0.4, 0.5) is 5.69 Å². The summed E-state index contributed by atoms with van der Waals surface area (Å²) in [6.07, 6.45) is 0. The maximum atomic E-state index is 10.9. The number of nitrogens with one attached hydrogen (secondary N) is 1. The van der Waals surface area contributed by atoms with Crippen LogP contribution in [0, 0.1) is 16.0 Å². The molecule has 1 fully saturated rings. The maximum absolute atomic E-state index is 10.9. The Balaban J connectivity index is 1.96. The molecule has 0 atom stereocenters. The van der Waals surface area contributed by atoms with Crippen molar-refractivity contribution in [3.05, 3.63) is 38.9 Å². The molecule has 1 aromatic carbocycles. The number of benzene rings is 1. The van der Waals surface area contributed by atoms with Gasteiger partial charge in [-0.25, -0.2) is 0 Å². The van der Waals surface area contributed by atoms with E-state index in [1.54, 1.807) is 23.9 Å². The second-order valence-corrected chi connectivity index (χ2v) is 5.54. The van der Waals surface area contributed by atoms with E-state index in [0.29, 0.717) is 16.7 Å². The number of rotatable bonds is 5. The Morgan fingerprint density at radius 1 is 1.53 bits per heavy atom. The SMILES string of the molecule is O=[N+]([O-])c1cc(Cl)ccc1CSCC1CNC1. The highest BCUT2D eigenvalue weighted by Crippen LogP contribution is 2.27. The number of hydrogen-bond donors (Lipinski definition) is 1. The highest BCUT2D eigenvalue weighted by atomic mass is 35.5. The second-order valence-electron chi connectivity index (χ2n) is 4.07. The lowest BCUT2D eigenvalue weighted by atomic mass is 10.1. The fraction of sp³-hybridized carbons (Fsp3) is 0.455. The van der Waals surface area contributed by atoms with E-state index in [9.17, 15) is 10.1 Å². The van der Waals surface area contributed by atoms with E-state index in [-0.39, 0.29) is 10.6 Å². The van der Waals surface area contributed by atoms with Gasteiger partial charge in [0, 0.05) is 22.4 Å². The molecule has 1 aliphatic rings. The molecule has 17 heavy (non-hydrogen) atoms. The van der Waals surface area contributed by atoms with E-state index in [4.69, 9.17) is 11.6 Å². The molecular formula is C11H13ClN2O2S. The van der Waals surface area contributed by atoms with Gasteiger partial charge in [-0.1, -0.05) is 11.6 Å². The van der Waals surface area contributed by atoms with Crippen LogP contribution >= 0.6 is 23.4 Å². The summed E-state index contributed by atoms with van der Waals surface area (Å²) >= 11 is 7.50. The molecule has 2 rings (SSSR count). The molecule has 1 aromatic rings. The zero-order chi connectivity index (χ0) is 12.3. The average molecular weight is 273 g/mol. The molecule has 1 saturated heterocycles. The highest BCUT2D eigenvalue weighted by Gasteiger charge is 2.18. The van der Waals surface area contributed by atoms with Gasteiger partial charge in [-0.3, -0.25) is 10.1 Å². The van der Waals surface area contributed by atoms with Gasteiger partial charge in [0.05, 0.1) is 4.92 Å². The number of thioether (sulfide) groups is 1. The van der Waals surface area contributed by atoms with Crippen LogP contribution in [-0.4, -0.2) is 23.8 Å². The van der Waals surface area contributed by atoms with Crippen molar-refractivity contribution in [2.75, 3.05) is 18.8 Å². The Kier molecular flexibility index (Phi) is 4.25. The third kappa shape index (κ3) is 3.34. The number of halogens is 1. The minimum Gasteiger partial charge on any atom is -0.316 e. The number of nitro benzene ring substituents is 1. The van der Waals surface area contributed by atoms with Gasteiger partial charge < -0.3 is 5.32 Å². The Morgan fingerprint density at radius 3 is 2.88 bits per heavy atom. The van der Waals surface area contributed by atoms with Crippen LogP contribution < -0.4 is 5.32 Å². The third-order valence-electron chi connectivity index (χ3n) is 2.72. The zero-order valence-electron chi connectivity index (χ0n) is 9.19. The van der Waals surface area contributed by atoms with Crippen LogP contribution in [0.3, 0.4) is 0 Å². The van der Waals surface area contributed by atoms with Gasteiger partial charge in [-0.15, -0.1) is 0 Å². The second kappa shape index (κ2) is 5.71. The number of nitro groups is 1. The fourth-order valence-corrected chi connectivity index (χ4v) is 2.95. The monoisotopic (exact) mass is 272 g/mol. The lowest BCUT2D eigenvalue weighted by Crippen LogP contribution is -2.43. The van der Waals surface area contributed by atoms with Crippen molar-refractivity contribution >= 4 is 29.1 Å². The van der Waals surface area contributed by atoms with E-state index >= 15 is 0 Å². The molecule has 1 N–H and O–H groups in total. The van der Waals surface area contributed by atoms with Crippen molar-refractivity contribution in [3.63, 3.8) is 0 Å². The molecular weight excluding hydrogens is 260 g/mol. The van der Waals surface area contributed by atoms with Crippen LogP contribution in [0.25, 0.3) is 0 Å². The summed E-state index contributed by atoms with van der Waals surface area (Å²) in [6, 6.07) is 4.87. The summed E-state index contributed by atoms with van der Waals surface area (Å²) < 4.78 is 0. The Labute approximate surface area is 109 Å². The first-order valence-corrected chi connectivity index (χ1v) is 6.91. The van der Waals surface area contributed by atoms with Crippen LogP contribution in [-0.2, 0) is 5.75 Å². The van der Waals surface area contributed by atoms with Gasteiger partial charge >= 0.3 is 0 Å². The van der Waals surface area contributed by atoms with Gasteiger partial charge in [-0.05, 0) is 36.9 Å². The van der Waals surface area contributed by atoms with E-state index in [2.05, 4.69) is 5.32 Å². The molecule has 0 spiro atoms. The first-order chi connectivity index (χ1) is 8.16. The standard InChI is InChI=1S/C11H13ClN2O2S/c12-10-2-1-9(11(3-10)14(15)16)7-17-6-8-4-13-5-8/h1-3,8,13H,4-7H2. The molecule has 0 aliphatic carbocycles. The number of hydrogen-bond acceptors (Lipinski definition) is 4. The lowest BCUT2D eigenvalue weighted by Gasteiger charge is -2.26. The Morgan fingerprint density at radius 2 is 2.29 bits per heavy atom. The van der Waals surface area contributed by atoms with Gasteiger partial charge in [0.2, 0.25) is 0 Å². The molecule has 6 heteroatoms. The van der Waals surface area contributed by atoms with Crippen molar-refractivity contribution in [2.45, 2.75) is 5.75 Å². The molecule has 92 valence electrons. The summed E-state index contributed by atoms with van der Waals surface area (Å²) in [7, 11) is 0. The molecule has 0 unspecified atom stereocenters. The predicted molar refractivity (Wildman–Crippen MR) is 70.6 cm³/mol. The summed E-state index contributed by atoms with van der Waals surface area (Å²) in [6.45, 7) is 2.13. The molecule has 4 nitrogen and oxygen atoms in total. The minimum atomic E-state index is -0.368. The molecule has 0 saturated carbocycles. The van der Waals surface area contributed by atoms with Crippen LogP contribution in [0.5, 0.6) is 0 Å². The summed E-state index contributed by atoms with van der Waals surface area (Å²) in [4.78, 5) is 10.5. The summed E-state index contributed by atoms with van der Waals surface area (Å²) in [5, 5.41) is 14.5. The Bertz CT molecular complexity index is 424. The van der Waals surface area contributed by atoms with Crippen LogP contribution in [0.1, 0.15) is 5.56 Å². The molecule has 1 aliphatic heterocycles. The predicted octanol–water partition coefficient (Wildman–Crippen LogP) is 2.70. The third-order valence-corrected chi connectivity index (χ3v) is 4.18. The largest absolute Gasteiger partial charge is 0.316 e. The van der Waals surface area contributed by atoms with Crippen molar-refractivity contribution in [1.82, 2.24) is 5.32 Å². The van der Waals surface area contributed by atoms with Gasteiger partial charge in [0.15, 0.2) is 0 Å². The molecule has 1 heterocycles. The van der Waals surface area contributed by atoms with Crippen LogP contribution in [0.2, 0.25) is 5.02 Å². The average Bonchev–Trinajstić information content (AvgIpc) is 2.23. The minimum absolute atomic E-state index is 0.122. The van der Waals surface area contributed by atoms with E-state index < -0.39 is 0 Å². The molecule has 0 aromatic heterocycles. The van der Waals surface area contributed by atoms with Crippen molar-refractivity contribution in [3.8, 4) is 0 Å². The maximum Gasteiger partial charge on any atom is 0.274 e. The van der Waals surface area contributed by atoms with Crippen LogP contribution in [0.15, 0.2) is 18.2 Å². The van der Waals surface area contributed by atoms with Crippen molar-refractivity contribution in [2.24, 2.45) is 5.92 Å². The highest BCUT2D eigenvalue weighted by molar-refractivity contribution is 7.98. The lowest BCUT2D eigenvalue weighted by molar-refractivity contribution is -0.385. The van der Waals surface area contributed by atoms with Gasteiger partial charge in [-0.2, -0.15) is 11.8 Å². The first-order valence-electron chi connectivity index (χ1n) is 5.38. The Hall–Kier alpha value is -0.780. The quantitative estimate of drug-likeness (QED) is 0.661. The fourth-order valence-electron chi connectivity index (χ4n) is 1.63. The smallest absolute Gasteiger partial charge is 0.274 e. The van der Waals surface area contributed by atoms with Gasteiger partial charge in [0.1, 0.15) is 0 Å². The topological polar surface area (TPSA) is 55.2 Å². The summed E-state index contributed by atoms with van der Waals surface area (Å²) in [5.41, 5.74) is 0.869. The van der Waals surface area contributed by atoms with Gasteiger partial charge in [0.25, 0.3) is 5.69 Å². The molecule has 0 radical (unpaired) electrons. The van der Waals surface area contributed by atoms with Crippen molar-refractivity contribution < 1.29 is 4.92 Å². The molecule has 0 amide bonds. The van der Waals surface area contributed by atoms with E-state index in [1.165, 1.54) is 6.07 Å². The van der Waals surface area contributed by atoms with E-state index in [1.807, 2.05) is 0 Å². The zero-order valence-corrected chi connectivity index (χ0v) is 10.8. The summed E-state index contributed by atoms with van der Waals surface area (Å²) in [5.74, 6) is 2.43. The van der Waals surface area contributed by atoms with Crippen molar-refractivity contribution in [1.29, 1.82) is 0 Å². The van der Waals surface area contributed by atoms with E-state index in [0.717, 1.165) is 24.4 Å². The normalized spacial score (nSPS) is 15.6. The number of nitrogens with zero attached hydrogens (tertiary/aromatic N) is 1. The first kappa shape index (κ1) is 12.7.